The molecule has 0 aliphatic carbocycles. The number of aromatic nitrogens is 3. The highest BCUT2D eigenvalue weighted by molar-refractivity contribution is 7.09. The molecular weight excluding hydrogens is 372 g/mol. The van der Waals surface area contributed by atoms with Gasteiger partial charge in [0.1, 0.15) is 5.75 Å². The number of benzene rings is 1. The Labute approximate surface area is 165 Å². The first kappa shape index (κ1) is 17.9. The van der Waals surface area contributed by atoms with Crippen LogP contribution in [-0.4, -0.2) is 28.2 Å². The average molecular weight is 390 g/mol. The smallest absolute Gasteiger partial charge is 0.255 e. The first-order chi connectivity index (χ1) is 13.8. The molecule has 3 heterocycles. The number of methoxy groups -OCH3 is 1. The Morgan fingerprint density at radius 2 is 2.14 bits per heavy atom. The molecule has 0 aliphatic rings. The molecule has 3 aromatic heterocycles. The summed E-state index contributed by atoms with van der Waals surface area (Å²) in [5, 5.41) is 13.0. The molecule has 0 atom stereocenters. The van der Waals surface area contributed by atoms with Crippen LogP contribution in [0, 0.1) is 0 Å². The number of carbonyl (C=O) groups is 1. The van der Waals surface area contributed by atoms with E-state index in [1.807, 2.05) is 53.9 Å². The van der Waals surface area contributed by atoms with Gasteiger partial charge in [0.05, 0.1) is 41.5 Å². The number of rotatable bonds is 6. The molecule has 1 aromatic carbocycles. The zero-order chi connectivity index (χ0) is 19.3. The molecule has 0 bridgehead atoms. The fourth-order valence-corrected chi connectivity index (χ4v) is 3.58. The highest BCUT2D eigenvalue weighted by atomic mass is 32.1. The molecule has 140 valence electrons. The minimum Gasteiger partial charge on any atom is -0.495 e. The van der Waals surface area contributed by atoms with E-state index in [-0.39, 0.29) is 5.91 Å². The number of amides is 1. The summed E-state index contributed by atoms with van der Waals surface area (Å²) in [6.45, 7) is 0.482. The normalized spacial score (nSPS) is 11.2. The third-order valence-electron chi connectivity index (χ3n) is 4.26. The monoisotopic (exact) mass is 390 g/mol. The van der Waals surface area contributed by atoms with Crippen LogP contribution in [0.25, 0.3) is 23.1 Å². The van der Waals surface area contributed by atoms with Gasteiger partial charge in [-0.1, -0.05) is 12.1 Å². The minimum absolute atomic E-state index is 0.187. The molecule has 0 aliphatic heterocycles. The quantitative estimate of drug-likeness (QED) is 0.519. The van der Waals surface area contributed by atoms with Gasteiger partial charge in [0.2, 0.25) is 0 Å². The molecule has 0 fully saturated rings. The number of thiophene rings is 1. The molecule has 0 saturated heterocycles. The highest BCUT2D eigenvalue weighted by Crippen LogP contribution is 2.32. The van der Waals surface area contributed by atoms with Crippen molar-refractivity contribution in [1.82, 2.24) is 20.5 Å². The Kier molecular flexibility index (Phi) is 5.16. The lowest BCUT2D eigenvalue weighted by Crippen LogP contribution is -2.22. The number of carbonyl (C=O) groups excluding carboxylic acids is 1. The zero-order valence-corrected chi connectivity index (χ0v) is 16.0. The molecule has 4 rings (SSSR count). The van der Waals surface area contributed by atoms with Gasteiger partial charge in [-0.3, -0.25) is 14.9 Å². The Morgan fingerprint density at radius 1 is 1.21 bits per heavy atom. The second kappa shape index (κ2) is 8.06. The maximum Gasteiger partial charge on any atom is 0.255 e. The van der Waals surface area contributed by atoms with Crippen molar-refractivity contribution < 1.29 is 9.53 Å². The van der Waals surface area contributed by atoms with E-state index in [1.54, 1.807) is 30.7 Å². The van der Waals surface area contributed by atoms with Crippen LogP contribution < -0.4 is 10.1 Å². The number of nitrogens with zero attached hydrogens (tertiary/aromatic N) is 2. The van der Waals surface area contributed by atoms with E-state index in [2.05, 4.69) is 20.5 Å². The van der Waals surface area contributed by atoms with E-state index in [9.17, 15) is 4.79 Å². The van der Waals surface area contributed by atoms with E-state index in [0.717, 1.165) is 27.2 Å². The van der Waals surface area contributed by atoms with Crippen LogP contribution in [0.1, 0.15) is 26.6 Å². The third kappa shape index (κ3) is 3.65. The van der Waals surface area contributed by atoms with Gasteiger partial charge in [-0.2, -0.15) is 5.10 Å². The number of pyridine rings is 1. The van der Waals surface area contributed by atoms with E-state index in [4.69, 9.17) is 4.74 Å². The fraction of sp³-hybridized carbons (Fsp3) is 0.0952. The number of fused-ring (bicyclic) bond motifs is 1. The Hall–Kier alpha value is -3.45. The topological polar surface area (TPSA) is 79.9 Å². The molecular formula is C21H18N4O2S. The molecule has 6 nitrogen and oxygen atoms in total. The molecule has 0 spiro atoms. The predicted molar refractivity (Wildman–Crippen MR) is 111 cm³/mol. The van der Waals surface area contributed by atoms with Crippen molar-refractivity contribution in [3.63, 3.8) is 0 Å². The van der Waals surface area contributed by atoms with Gasteiger partial charge in [0.25, 0.3) is 5.91 Å². The molecule has 0 saturated carbocycles. The molecule has 0 radical (unpaired) electrons. The molecule has 4 aromatic rings. The lowest BCUT2D eigenvalue weighted by atomic mass is 10.1. The van der Waals surface area contributed by atoms with Gasteiger partial charge in [0, 0.05) is 11.1 Å². The SMILES string of the molecule is COc1c(C(=O)NCc2cccs2)ccc2n[nH]c(/C=C/c3ccccn3)c12. The number of H-pyrrole nitrogens is 1. The van der Waals surface area contributed by atoms with E-state index < -0.39 is 0 Å². The zero-order valence-electron chi connectivity index (χ0n) is 15.2. The number of aromatic amines is 1. The van der Waals surface area contributed by atoms with Gasteiger partial charge >= 0.3 is 0 Å². The van der Waals surface area contributed by atoms with Gasteiger partial charge in [-0.25, -0.2) is 0 Å². The van der Waals surface area contributed by atoms with Gasteiger partial charge in [-0.15, -0.1) is 11.3 Å². The van der Waals surface area contributed by atoms with Crippen LogP contribution in [0.5, 0.6) is 5.75 Å². The number of hydrogen-bond acceptors (Lipinski definition) is 5. The van der Waals surface area contributed by atoms with Crippen molar-refractivity contribution in [3.8, 4) is 5.75 Å². The van der Waals surface area contributed by atoms with Crippen LogP contribution in [0.2, 0.25) is 0 Å². The molecule has 0 unspecified atom stereocenters. The summed E-state index contributed by atoms with van der Waals surface area (Å²) in [4.78, 5) is 18.1. The fourth-order valence-electron chi connectivity index (χ4n) is 2.93. The van der Waals surface area contributed by atoms with Crippen molar-refractivity contribution >= 4 is 40.3 Å². The van der Waals surface area contributed by atoms with E-state index in [0.29, 0.717) is 17.9 Å². The van der Waals surface area contributed by atoms with E-state index >= 15 is 0 Å². The molecule has 1 amide bonds. The Bertz CT molecular complexity index is 1120. The van der Waals surface area contributed by atoms with Crippen LogP contribution in [0.3, 0.4) is 0 Å². The number of nitrogens with one attached hydrogen (secondary N) is 2. The second-order valence-electron chi connectivity index (χ2n) is 6.03. The predicted octanol–water partition coefficient (Wildman–Crippen LogP) is 4.13. The molecule has 2 N–H and O–H groups in total. The number of hydrogen-bond donors (Lipinski definition) is 2. The largest absolute Gasteiger partial charge is 0.495 e. The van der Waals surface area contributed by atoms with Crippen LogP contribution >= 0.6 is 11.3 Å². The Balaban J connectivity index is 1.66. The van der Waals surface area contributed by atoms with Crippen molar-refractivity contribution in [2.24, 2.45) is 0 Å². The van der Waals surface area contributed by atoms with Crippen molar-refractivity contribution in [2.45, 2.75) is 6.54 Å². The highest BCUT2D eigenvalue weighted by Gasteiger charge is 2.18. The minimum atomic E-state index is -0.187. The maximum atomic E-state index is 12.7. The Morgan fingerprint density at radius 3 is 2.89 bits per heavy atom. The standard InChI is InChI=1S/C21H18N4O2S/c1-27-20-16(21(26)23-13-15-6-4-12-28-15)8-10-18-19(20)17(24-25-18)9-7-14-5-2-3-11-22-14/h2-12H,13H2,1H3,(H,23,26)(H,24,25)/b9-7+. The summed E-state index contributed by atoms with van der Waals surface area (Å²) in [5.74, 6) is 0.309. The van der Waals surface area contributed by atoms with Crippen molar-refractivity contribution in [1.29, 1.82) is 0 Å². The van der Waals surface area contributed by atoms with Crippen LogP contribution in [-0.2, 0) is 6.54 Å². The van der Waals surface area contributed by atoms with Crippen LogP contribution in [0.4, 0.5) is 0 Å². The van der Waals surface area contributed by atoms with Gasteiger partial charge in [-0.05, 0) is 47.9 Å². The second-order valence-corrected chi connectivity index (χ2v) is 7.06. The van der Waals surface area contributed by atoms with Gasteiger partial charge < -0.3 is 10.1 Å². The van der Waals surface area contributed by atoms with Crippen LogP contribution in [0.15, 0.2) is 54.0 Å². The first-order valence-corrected chi connectivity index (χ1v) is 9.59. The summed E-state index contributed by atoms with van der Waals surface area (Å²) < 4.78 is 5.60. The lowest BCUT2D eigenvalue weighted by molar-refractivity contribution is 0.0948. The van der Waals surface area contributed by atoms with Crippen molar-refractivity contribution in [2.75, 3.05) is 7.11 Å². The molecule has 7 heteroatoms. The summed E-state index contributed by atoms with van der Waals surface area (Å²) in [6.07, 6.45) is 5.50. The average Bonchev–Trinajstić information content (AvgIpc) is 3.40. The maximum absolute atomic E-state index is 12.7. The first-order valence-electron chi connectivity index (χ1n) is 8.71. The van der Waals surface area contributed by atoms with E-state index in [1.165, 1.54) is 0 Å². The number of ether oxygens (including phenoxy) is 1. The summed E-state index contributed by atoms with van der Waals surface area (Å²) >= 11 is 1.60. The lowest BCUT2D eigenvalue weighted by Gasteiger charge is -2.10. The summed E-state index contributed by atoms with van der Waals surface area (Å²) in [7, 11) is 1.56. The molecule has 28 heavy (non-hydrogen) atoms. The van der Waals surface area contributed by atoms with Crippen molar-refractivity contribution in [3.05, 3.63) is 75.9 Å². The summed E-state index contributed by atoms with van der Waals surface area (Å²) in [6, 6.07) is 13.2. The third-order valence-corrected chi connectivity index (χ3v) is 5.14. The van der Waals surface area contributed by atoms with Gasteiger partial charge in [0.15, 0.2) is 0 Å². The summed E-state index contributed by atoms with van der Waals surface area (Å²) in [5.41, 5.74) is 2.78.